The van der Waals surface area contributed by atoms with E-state index in [0.717, 1.165) is 17.1 Å². The van der Waals surface area contributed by atoms with Crippen molar-refractivity contribution in [1.29, 1.82) is 0 Å². The monoisotopic (exact) mass is 705 g/mol. The van der Waals surface area contributed by atoms with Crippen molar-refractivity contribution in [2.24, 2.45) is 0 Å². The molecule has 0 spiro atoms. The molecule has 2 heteroatoms. The van der Waals surface area contributed by atoms with Gasteiger partial charge < -0.3 is 4.90 Å². The maximum atomic E-state index is 2.42. The van der Waals surface area contributed by atoms with E-state index in [1.807, 2.05) is 11.3 Å². The zero-order valence-electron chi connectivity index (χ0n) is 29.6. The Hall–Kier alpha value is -6.74. The Bertz CT molecular complexity index is 2890. The van der Waals surface area contributed by atoms with E-state index in [9.17, 15) is 0 Å². The highest BCUT2D eigenvalue weighted by atomic mass is 32.1. The van der Waals surface area contributed by atoms with Gasteiger partial charge in [-0.25, -0.2) is 0 Å². The molecule has 0 aliphatic carbocycles. The summed E-state index contributed by atoms with van der Waals surface area (Å²) in [7, 11) is 0. The fraction of sp³-hybridized carbons (Fsp3) is 0. The number of fused-ring (bicyclic) bond motifs is 5. The van der Waals surface area contributed by atoms with Crippen molar-refractivity contribution in [1.82, 2.24) is 0 Å². The van der Waals surface area contributed by atoms with E-state index in [4.69, 9.17) is 0 Å². The topological polar surface area (TPSA) is 3.24 Å². The molecular formula is C52H35NS. The fourth-order valence-corrected chi connectivity index (χ4v) is 9.03. The van der Waals surface area contributed by atoms with Gasteiger partial charge >= 0.3 is 0 Å². The lowest BCUT2D eigenvalue weighted by Crippen LogP contribution is -2.11. The Morgan fingerprint density at radius 3 is 1.43 bits per heavy atom. The number of para-hydroxylation sites is 1. The summed E-state index contributed by atoms with van der Waals surface area (Å²) in [6.07, 6.45) is 0. The minimum Gasteiger partial charge on any atom is -0.310 e. The van der Waals surface area contributed by atoms with Gasteiger partial charge in [-0.15, -0.1) is 11.3 Å². The molecule has 0 saturated carbocycles. The highest BCUT2D eigenvalue weighted by molar-refractivity contribution is 7.26. The highest BCUT2D eigenvalue weighted by Crippen LogP contribution is 2.46. The average molecular weight is 706 g/mol. The summed E-state index contributed by atoms with van der Waals surface area (Å²) in [6, 6.07) is 77.0. The van der Waals surface area contributed by atoms with Crippen LogP contribution in [0.25, 0.3) is 75.5 Å². The van der Waals surface area contributed by atoms with Gasteiger partial charge in [-0.05, 0) is 86.8 Å². The van der Waals surface area contributed by atoms with Crippen LogP contribution in [-0.2, 0) is 0 Å². The van der Waals surface area contributed by atoms with Gasteiger partial charge in [0, 0.05) is 42.5 Å². The summed E-state index contributed by atoms with van der Waals surface area (Å²) in [5, 5.41) is 5.15. The molecule has 0 aliphatic rings. The molecule has 0 radical (unpaired) electrons. The van der Waals surface area contributed by atoms with Crippen LogP contribution in [-0.4, -0.2) is 0 Å². The minimum atomic E-state index is 1.11. The van der Waals surface area contributed by atoms with Crippen molar-refractivity contribution >= 4 is 59.3 Å². The van der Waals surface area contributed by atoms with Crippen molar-refractivity contribution in [3.05, 3.63) is 212 Å². The van der Waals surface area contributed by atoms with E-state index in [1.54, 1.807) is 0 Å². The largest absolute Gasteiger partial charge is 0.310 e. The number of hydrogen-bond donors (Lipinski definition) is 0. The lowest BCUT2D eigenvalue weighted by Gasteiger charge is -2.28. The van der Waals surface area contributed by atoms with Gasteiger partial charge in [0.1, 0.15) is 0 Å². The molecular weight excluding hydrogens is 671 g/mol. The smallest absolute Gasteiger partial charge is 0.0540 e. The standard InChI is InChI=1S/C52H35NS/c1-4-14-36(15-5-1)37-24-26-38(27-25-37)39-28-30-42(31-29-39)53(50-23-13-12-20-44(50)40-16-6-2-7-17-40)43-32-33-51-48(34-43)49-35-47(41-18-8-3-9-19-41)45-21-10-11-22-46(45)52(49)54-51/h1-35H. The average Bonchev–Trinajstić information content (AvgIpc) is 3.63. The van der Waals surface area contributed by atoms with Crippen LogP contribution in [0, 0.1) is 0 Å². The van der Waals surface area contributed by atoms with E-state index in [2.05, 4.69) is 217 Å². The number of thiophene rings is 1. The van der Waals surface area contributed by atoms with Crippen LogP contribution in [0.3, 0.4) is 0 Å². The van der Waals surface area contributed by atoms with Crippen molar-refractivity contribution in [3.63, 3.8) is 0 Å². The Morgan fingerprint density at radius 1 is 0.296 bits per heavy atom. The molecule has 10 aromatic rings. The van der Waals surface area contributed by atoms with Crippen LogP contribution in [0.1, 0.15) is 0 Å². The van der Waals surface area contributed by atoms with Crippen LogP contribution in [0.2, 0.25) is 0 Å². The van der Waals surface area contributed by atoms with Gasteiger partial charge in [0.2, 0.25) is 0 Å². The maximum absolute atomic E-state index is 2.42. The predicted octanol–water partition coefficient (Wildman–Crippen LogP) is 15.3. The van der Waals surface area contributed by atoms with Crippen LogP contribution < -0.4 is 4.90 Å². The molecule has 54 heavy (non-hydrogen) atoms. The number of anilines is 3. The third-order valence-corrected chi connectivity index (χ3v) is 11.7. The molecule has 0 saturated heterocycles. The summed E-state index contributed by atoms with van der Waals surface area (Å²) >= 11 is 1.89. The minimum absolute atomic E-state index is 1.11. The summed E-state index contributed by atoms with van der Waals surface area (Å²) in [5.74, 6) is 0. The second-order valence-corrected chi connectivity index (χ2v) is 14.8. The van der Waals surface area contributed by atoms with Crippen molar-refractivity contribution < 1.29 is 0 Å². The predicted molar refractivity (Wildman–Crippen MR) is 233 cm³/mol. The Kier molecular flexibility index (Phi) is 8.09. The molecule has 9 aromatic carbocycles. The van der Waals surface area contributed by atoms with E-state index in [-0.39, 0.29) is 0 Å². The molecule has 0 aliphatic heterocycles. The second kappa shape index (κ2) is 13.7. The molecule has 254 valence electrons. The molecule has 0 fully saturated rings. The van der Waals surface area contributed by atoms with Crippen LogP contribution >= 0.6 is 11.3 Å². The van der Waals surface area contributed by atoms with Gasteiger partial charge in [0.05, 0.1) is 5.69 Å². The van der Waals surface area contributed by atoms with Gasteiger partial charge in [0.25, 0.3) is 0 Å². The molecule has 10 rings (SSSR count). The molecule has 1 aromatic heterocycles. The number of hydrogen-bond acceptors (Lipinski definition) is 2. The number of nitrogens with zero attached hydrogens (tertiary/aromatic N) is 1. The molecule has 0 bridgehead atoms. The third-order valence-electron chi connectivity index (χ3n) is 10.5. The first-order valence-electron chi connectivity index (χ1n) is 18.4. The summed E-state index contributed by atoms with van der Waals surface area (Å²) in [4.78, 5) is 2.42. The molecule has 0 unspecified atom stereocenters. The normalized spacial score (nSPS) is 11.3. The number of benzene rings is 9. The lowest BCUT2D eigenvalue weighted by molar-refractivity contribution is 1.29. The Balaban J connectivity index is 1.13. The first-order valence-corrected chi connectivity index (χ1v) is 19.2. The van der Waals surface area contributed by atoms with Gasteiger partial charge in [-0.1, -0.05) is 170 Å². The third kappa shape index (κ3) is 5.74. The van der Waals surface area contributed by atoms with E-state index in [0.29, 0.717) is 0 Å². The Morgan fingerprint density at radius 2 is 0.778 bits per heavy atom. The summed E-state index contributed by atoms with van der Waals surface area (Å²) in [6.45, 7) is 0. The first kappa shape index (κ1) is 32.0. The van der Waals surface area contributed by atoms with Crippen LogP contribution in [0.5, 0.6) is 0 Å². The van der Waals surface area contributed by atoms with E-state index < -0.39 is 0 Å². The zero-order valence-corrected chi connectivity index (χ0v) is 30.4. The van der Waals surface area contributed by atoms with E-state index in [1.165, 1.54) is 75.5 Å². The van der Waals surface area contributed by atoms with Gasteiger partial charge in [-0.3, -0.25) is 0 Å². The van der Waals surface area contributed by atoms with E-state index >= 15 is 0 Å². The first-order chi connectivity index (χ1) is 26.8. The molecule has 1 heterocycles. The second-order valence-electron chi connectivity index (χ2n) is 13.7. The molecule has 0 N–H and O–H groups in total. The zero-order chi connectivity index (χ0) is 35.8. The molecule has 1 nitrogen and oxygen atoms in total. The van der Waals surface area contributed by atoms with Crippen molar-refractivity contribution in [3.8, 4) is 44.5 Å². The quantitative estimate of drug-likeness (QED) is 0.160. The maximum Gasteiger partial charge on any atom is 0.0540 e. The Labute approximate surface area is 319 Å². The lowest BCUT2D eigenvalue weighted by atomic mass is 9.95. The molecule has 0 atom stereocenters. The van der Waals surface area contributed by atoms with Gasteiger partial charge in [0.15, 0.2) is 0 Å². The van der Waals surface area contributed by atoms with Crippen molar-refractivity contribution in [2.45, 2.75) is 0 Å². The highest BCUT2D eigenvalue weighted by Gasteiger charge is 2.20. The fourth-order valence-electron chi connectivity index (χ4n) is 7.83. The molecule has 0 amide bonds. The summed E-state index contributed by atoms with van der Waals surface area (Å²) < 4.78 is 2.62. The summed E-state index contributed by atoms with van der Waals surface area (Å²) in [5.41, 5.74) is 13.1. The number of rotatable bonds is 7. The van der Waals surface area contributed by atoms with Crippen LogP contribution in [0.15, 0.2) is 212 Å². The van der Waals surface area contributed by atoms with Crippen molar-refractivity contribution in [2.75, 3.05) is 4.90 Å². The SMILES string of the molecule is c1ccc(-c2ccc(-c3ccc(N(c4ccc5sc6c7ccccc7c(-c7ccccc7)cc6c5c4)c4ccccc4-c4ccccc4)cc3)cc2)cc1. The van der Waals surface area contributed by atoms with Gasteiger partial charge in [-0.2, -0.15) is 0 Å². The van der Waals surface area contributed by atoms with Crippen LogP contribution in [0.4, 0.5) is 17.1 Å².